The van der Waals surface area contributed by atoms with Crippen LogP contribution >= 0.6 is 11.6 Å². The molecule has 1 aliphatic rings. The quantitative estimate of drug-likeness (QED) is 0.741. The fraction of sp³-hybridized carbons (Fsp3) is 0.125. The van der Waals surface area contributed by atoms with Crippen LogP contribution in [-0.4, -0.2) is 28.6 Å². The van der Waals surface area contributed by atoms with Gasteiger partial charge in [0.1, 0.15) is 0 Å². The number of nitrogens with zero attached hydrogens (tertiary/aromatic N) is 1. The van der Waals surface area contributed by atoms with E-state index in [1.54, 1.807) is 0 Å². The molecular weight excluding hydrogens is 224 g/mol. The Labute approximate surface area is 88.8 Å². The first-order valence-corrected chi connectivity index (χ1v) is 4.32. The highest BCUT2D eigenvalue weighted by Gasteiger charge is 2.21. The summed E-state index contributed by atoms with van der Waals surface area (Å²) in [5, 5.41) is 11.1. The first-order chi connectivity index (χ1) is 7.08. The Hall–Kier alpha value is -1.82. The lowest BCUT2D eigenvalue weighted by Crippen LogP contribution is -2.26. The summed E-state index contributed by atoms with van der Waals surface area (Å²) in [4.78, 5) is 25.3. The number of ether oxygens (including phenoxy) is 1. The summed E-state index contributed by atoms with van der Waals surface area (Å²) in [5.41, 5.74) is -0.318. The number of amides is 1. The molecule has 2 rings (SSSR count). The van der Waals surface area contributed by atoms with Gasteiger partial charge in [-0.2, -0.15) is 0 Å². The maximum absolute atomic E-state index is 10.9. The molecule has 0 spiro atoms. The molecule has 0 unspecified atom stereocenters. The Morgan fingerprint density at radius 3 is 3.07 bits per heavy atom. The Morgan fingerprint density at radius 2 is 2.40 bits per heavy atom. The summed E-state index contributed by atoms with van der Waals surface area (Å²) in [5.74, 6) is -1.30. The van der Waals surface area contributed by atoms with Crippen molar-refractivity contribution < 1.29 is 19.4 Å². The van der Waals surface area contributed by atoms with Crippen molar-refractivity contribution >= 4 is 29.3 Å². The van der Waals surface area contributed by atoms with Crippen molar-refractivity contribution in [2.24, 2.45) is 0 Å². The zero-order valence-corrected chi connectivity index (χ0v) is 8.04. The highest BCUT2D eigenvalue weighted by Crippen LogP contribution is 2.30. The summed E-state index contributed by atoms with van der Waals surface area (Å²) >= 11 is 5.66. The number of aromatic carboxylic acids is 1. The Morgan fingerprint density at radius 1 is 1.67 bits per heavy atom. The van der Waals surface area contributed by atoms with E-state index >= 15 is 0 Å². The highest BCUT2D eigenvalue weighted by atomic mass is 35.5. The van der Waals surface area contributed by atoms with Gasteiger partial charge in [0.05, 0.1) is 5.02 Å². The second-order valence-electron chi connectivity index (χ2n) is 2.81. The van der Waals surface area contributed by atoms with Crippen molar-refractivity contribution in [2.45, 2.75) is 0 Å². The van der Waals surface area contributed by atoms with Crippen molar-refractivity contribution in [1.82, 2.24) is 4.98 Å². The molecule has 6 nitrogen and oxygen atoms in total. The molecule has 15 heavy (non-hydrogen) atoms. The number of pyridine rings is 1. The normalized spacial score (nSPS) is 13.8. The molecule has 0 aliphatic carbocycles. The van der Waals surface area contributed by atoms with Crippen LogP contribution in [0.5, 0.6) is 5.75 Å². The number of hydrogen-bond acceptors (Lipinski definition) is 4. The molecule has 1 amide bonds. The molecule has 1 aliphatic heterocycles. The first-order valence-electron chi connectivity index (χ1n) is 3.94. The Kier molecular flexibility index (Phi) is 2.20. The van der Waals surface area contributed by atoms with E-state index in [-0.39, 0.29) is 34.8 Å². The first kappa shape index (κ1) is 9.72. The monoisotopic (exact) mass is 228 g/mol. The molecule has 0 aromatic carbocycles. The van der Waals surface area contributed by atoms with Gasteiger partial charge in [-0.25, -0.2) is 9.78 Å². The van der Waals surface area contributed by atoms with Gasteiger partial charge in [-0.15, -0.1) is 0 Å². The smallest absolute Gasteiger partial charge is 0.356 e. The van der Waals surface area contributed by atoms with E-state index in [0.29, 0.717) is 0 Å². The van der Waals surface area contributed by atoms with E-state index < -0.39 is 5.97 Å². The highest BCUT2D eigenvalue weighted by molar-refractivity contribution is 6.33. The lowest BCUT2D eigenvalue weighted by molar-refractivity contribution is -0.118. The molecule has 0 saturated heterocycles. The third-order valence-corrected chi connectivity index (χ3v) is 2.05. The molecule has 0 bridgehead atoms. The van der Waals surface area contributed by atoms with Crippen molar-refractivity contribution in [1.29, 1.82) is 0 Å². The molecule has 7 heteroatoms. The molecule has 0 atom stereocenters. The van der Waals surface area contributed by atoms with Gasteiger partial charge in [0.15, 0.2) is 23.9 Å². The number of fused-ring (bicyclic) bond motifs is 1. The number of rotatable bonds is 1. The minimum Gasteiger partial charge on any atom is -0.480 e. The van der Waals surface area contributed by atoms with Crippen molar-refractivity contribution in [3.05, 3.63) is 16.8 Å². The molecule has 0 radical (unpaired) electrons. The maximum Gasteiger partial charge on any atom is 0.356 e. The SMILES string of the molecule is O=C1COc2cc(Cl)c(C(=O)O)nc2N1. The van der Waals surface area contributed by atoms with Crippen LogP contribution in [-0.2, 0) is 4.79 Å². The van der Waals surface area contributed by atoms with Crippen LogP contribution in [0.2, 0.25) is 5.02 Å². The van der Waals surface area contributed by atoms with E-state index in [1.807, 2.05) is 0 Å². The number of anilines is 1. The van der Waals surface area contributed by atoms with E-state index in [1.165, 1.54) is 6.07 Å². The van der Waals surface area contributed by atoms with E-state index in [4.69, 9.17) is 21.4 Å². The predicted octanol–water partition coefficient (Wildman–Crippen LogP) is 0.764. The van der Waals surface area contributed by atoms with Gasteiger partial charge >= 0.3 is 5.97 Å². The van der Waals surface area contributed by atoms with Crippen molar-refractivity contribution in [3.8, 4) is 5.75 Å². The second kappa shape index (κ2) is 3.39. The zero-order chi connectivity index (χ0) is 11.0. The third kappa shape index (κ3) is 1.71. The lowest BCUT2D eigenvalue weighted by atomic mass is 10.3. The second-order valence-corrected chi connectivity index (χ2v) is 3.21. The van der Waals surface area contributed by atoms with Crippen LogP contribution < -0.4 is 10.1 Å². The van der Waals surface area contributed by atoms with Gasteiger partial charge in [0.25, 0.3) is 5.91 Å². The summed E-state index contributed by atoms with van der Waals surface area (Å²) in [7, 11) is 0. The summed E-state index contributed by atoms with van der Waals surface area (Å²) < 4.78 is 5.00. The Balaban J connectivity index is 2.51. The number of hydrogen-bond donors (Lipinski definition) is 2. The summed E-state index contributed by atoms with van der Waals surface area (Å²) in [6, 6.07) is 1.31. The third-order valence-electron chi connectivity index (χ3n) is 1.76. The van der Waals surface area contributed by atoms with E-state index in [9.17, 15) is 9.59 Å². The van der Waals surface area contributed by atoms with Crippen LogP contribution in [0.3, 0.4) is 0 Å². The standard InChI is InChI=1S/C8H5ClN2O4/c9-3-1-4-7(10-5(12)2-15-4)11-6(3)8(13)14/h1H,2H2,(H,13,14)(H,10,11,12). The van der Waals surface area contributed by atoms with Crippen LogP contribution in [0.15, 0.2) is 6.07 Å². The summed E-state index contributed by atoms with van der Waals surface area (Å²) in [6.07, 6.45) is 0. The molecule has 2 N–H and O–H groups in total. The van der Waals surface area contributed by atoms with Gasteiger partial charge in [-0.05, 0) is 0 Å². The zero-order valence-electron chi connectivity index (χ0n) is 7.28. The van der Waals surface area contributed by atoms with Crippen LogP contribution in [0.25, 0.3) is 0 Å². The summed E-state index contributed by atoms with van der Waals surface area (Å²) in [6.45, 7) is -0.128. The Bertz CT molecular complexity index is 460. The van der Waals surface area contributed by atoms with Gasteiger partial charge < -0.3 is 15.2 Å². The number of halogens is 1. The van der Waals surface area contributed by atoms with E-state index in [0.717, 1.165) is 0 Å². The molecule has 0 fully saturated rings. The largest absolute Gasteiger partial charge is 0.480 e. The van der Waals surface area contributed by atoms with Crippen molar-refractivity contribution in [3.63, 3.8) is 0 Å². The van der Waals surface area contributed by atoms with Gasteiger partial charge in [-0.3, -0.25) is 4.79 Å². The van der Waals surface area contributed by atoms with E-state index in [2.05, 4.69) is 10.3 Å². The average Bonchev–Trinajstić information content (AvgIpc) is 2.17. The van der Waals surface area contributed by atoms with Crippen LogP contribution in [0.1, 0.15) is 10.5 Å². The number of carboxylic acids is 1. The number of carbonyl (C=O) groups is 2. The molecule has 0 saturated carbocycles. The molecule has 78 valence electrons. The number of aromatic nitrogens is 1. The fourth-order valence-corrected chi connectivity index (χ4v) is 1.36. The van der Waals surface area contributed by atoms with Crippen molar-refractivity contribution in [2.75, 3.05) is 11.9 Å². The predicted molar refractivity (Wildman–Crippen MR) is 50.3 cm³/mol. The average molecular weight is 229 g/mol. The topological polar surface area (TPSA) is 88.5 Å². The minimum atomic E-state index is -1.26. The number of carboxylic acid groups (broad SMARTS) is 1. The minimum absolute atomic E-state index is 0.0302. The molecule has 1 aromatic heterocycles. The maximum atomic E-state index is 10.9. The molecule has 2 heterocycles. The van der Waals surface area contributed by atoms with Gasteiger partial charge in [-0.1, -0.05) is 11.6 Å². The lowest BCUT2D eigenvalue weighted by Gasteiger charge is -2.17. The van der Waals surface area contributed by atoms with Gasteiger partial charge in [0, 0.05) is 6.07 Å². The van der Waals surface area contributed by atoms with Crippen LogP contribution in [0, 0.1) is 0 Å². The number of nitrogens with one attached hydrogen (secondary N) is 1. The fourth-order valence-electron chi connectivity index (χ4n) is 1.13. The molecular formula is C8H5ClN2O4. The molecule has 1 aromatic rings. The van der Waals surface area contributed by atoms with Crippen LogP contribution in [0.4, 0.5) is 5.82 Å². The van der Waals surface area contributed by atoms with Gasteiger partial charge in [0.2, 0.25) is 0 Å². The number of carbonyl (C=O) groups excluding carboxylic acids is 1.